The second-order valence-corrected chi connectivity index (χ2v) is 7.95. The average Bonchev–Trinajstić information content (AvgIpc) is 2.51. The van der Waals surface area contributed by atoms with Gasteiger partial charge in [0.05, 0.1) is 0 Å². The van der Waals surface area contributed by atoms with Crippen LogP contribution in [-0.2, 0) is 4.79 Å². The van der Waals surface area contributed by atoms with Gasteiger partial charge in [-0.15, -0.1) is 0 Å². The van der Waals surface area contributed by atoms with Crippen molar-refractivity contribution < 1.29 is 4.79 Å². The minimum atomic E-state index is -0.224. The lowest BCUT2D eigenvalue weighted by molar-refractivity contribution is -0.123. The van der Waals surface area contributed by atoms with E-state index in [0.717, 1.165) is 25.7 Å². The van der Waals surface area contributed by atoms with Crippen molar-refractivity contribution in [2.24, 2.45) is 5.84 Å². The lowest BCUT2D eigenvalue weighted by Crippen LogP contribution is -2.59. The Kier molecular flexibility index (Phi) is 5.59. The summed E-state index contributed by atoms with van der Waals surface area (Å²) in [6.07, 6.45) is 3.94. The van der Waals surface area contributed by atoms with E-state index in [1.807, 2.05) is 0 Å². The van der Waals surface area contributed by atoms with Crippen LogP contribution in [0.3, 0.4) is 0 Å². The van der Waals surface area contributed by atoms with Gasteiger partial charge in [0.15, 0.2) is 0 Å². The molecule has 0 aliphatic carbocycles. The fourth-order valence-corrected chi connectivity index (χ4v) is 4.17. The molecule has 0 unspecified atom stereocenters. The number of unbranched alkanes of at least 4 members (excludes halogenated alkanes) is 1. The van der Waals surface area contributed by atoms with E-state index in [0.29, 0.717) is 5.92 Å². The highest BCUT2D eigenvalue weighted by atomic mass is 16.2. The molecular weight excluding hydrogens is 298 g/mol. The Bertz CT molecular complexity index is 609. The molecule has 1 heterocycles. The van der Waals surface area contributed by atoms with Gasteiger partial charge in [-0.05, 0) is 69.2 Å². The second-order valence-electron chi connectivity index (χ2n) is 7.95. The van der Waals surface area contributed by atoms with Crippen molar-refractivity contribution in [2.45, 2.75) is 84.7 Å². The molecule has 0 bridgehead atoms. The fourth-order valence-electron chi connectivity index (χ4n) is 4.17. The van der Waals surface area contributed by atoms with Gasteiger partial charge in [0.1, 0.15) is 6.04 Å². The maximum absolute atomic E-state index is 12.6. The van der Waals surface area contributed by atoms with Crippen molar-refractivity contribution >= 4 is 11.6 Å². The van der Waals surface area contributed by atoms with E-state index in [1.165, 1.54) is 22.4 Å². The van der Waals surface area contributed by atoms with E-state index in [2.05, 4.69) is 64.0 Å². The molecule has 2 rings (SSSR count). The molecule has 0 saturated carbocycles. The van der Waals surface area contributed by atoms with E-state index in [4.69, 9.17) is 5.84 Å². The maximum atomic E-state index is 12.6. The number of benzene rings is 1. The Labute approximate surface area is 146 Å². The van der Waals surface area contributed by atoms with Gasteiger partial charge in [-0.2, -0.15) is 0 Å². The molecule has 0 fully saturated rings. The lowest BCUT2D eigenvalue weighted by atomic mass is 9.77. The number of hydrazine groups is 1. The molecule has 2 atom stereocenters. The number of carbonyl (C=O) groups is 1. The highest BCUT2D eigenvalue weighted by molar-refractivity contribution is 5.86. The van der Waals surface area contributed by atoms with Gasteiger partial charge >= 0.3 is 0 Å². The SMILES string of the molecule is CCCC[C@H](C(=O)NN)N1c2cc(C)c(C)cc2[C@@H](C)CC1(C)C. The second kappa shape index (κ2) is 7.14. The Morgan fingerprint density at radius 3 is 2.58 bits per heavy atom. The summed E-state index contributed by atoms with van der Waals surface area (Å²) in [5.74, 6) is 5.91. The number of hydrogen-bond acceptors (Lipinski definition) is 3. The van der Waals surface area contributed by atoms with E-state index >= 15 is 0 Å². The normalized spacial score (nSPS) is 20.5. The van der Waals surface area contributed by atoms with Gasteiger partial charge in [-0.25, -0.2) is 5.84 Å². The molecule has 4 nitrogen and oxygen atoms in total. The van der Waals surface area contributed by atoms with E-state index in [-0.39, 0.29) is 17.5 Å². The van der Waals surface area contributed by atoms with Gasteiger partial charge in [0.25, 0.3) is 5.91 Å². The number of amides is 1. The molecule has 1 aliphatic rings. The Hall–Kier alpha value is -1.55. The molecule has 0 spiro atoms. The van der Waals surface area contributed by atoms with Crippen molar-refractivity contribution in [3.63, 3.8) is 0 Å². The van der Waals surface area contributed by atoms with Crippen molar-refractivity contribution in [3.05, 3.63) is 28.8 Å². The first kappa shape index (κ1) is 18.8. The first-order valence-electron chi connectivity index (χ1n) is 9.13. The molecule has 0 radical (unpaired) electrons. The predicted octanol–water partition coefficient (Wildman–Crippen LogP) is 3.94. The maximum Gasteiger partial charge on any atom is 0.256 e. The van der Waals surface area contributed by atoms with Crippen molar-refractivity contribution in [3.8, 4) is 0 Å². The van der Waals surface area contributed by atoms with Crippen LogP contribution in [0.25, 0.3) is 0 Å². The zero-order chi connectivity index (χ0) is 18.1. The number of carbonyl (C=O) groups excluding carboxylic acids is 1. The minimum Gasteiger partial charge on any atom is -0.354 e. The summed E-state index contributed by atoms with van der Waals surface area (Å²) in [4.78, 5) is 14.9. The topological polar surface area (TPSA) is 58.4 Å². The molecule has 1 aliphatic heterocycles. The first-order chi connectivity index (χ1) is 11.2. The van der Waals surface area contributed by atoms with Crippen LogP contribution in [0, 0.1) is 13.8 Å². The lowest BCUT2D eigenvalue weighted by Gasteiger charge is -2.51. The van der Waals surface area contributed by atoms with Crippen LogP contribution in [0.2, 0.25) is 0 Å². The summed E-state index contributed by atoms with van der Waals surface area (Å²) in [6.45, 7) is 13.2. The molecule has 1 aromatic carbocycles. The highest BCUT2D eigenvalue weighted by Crippen LogP contribution is 2.45. The standard InChI is InChI=1S/C20H33N3O/c1-7-8-9-17(19(24)22-21)23-18-11-14(3)13(2)10-16(18)15(4)12-20(23,5)6/h10-11,15,17H,7-9,12,21H2,1-6H3,(H,22,24)/t15-,17+/m0/s1. The largest absolute Gasteiger partial charge is 0.354 e. The number of nitrogens with one attached hydrogen (secondary N) is 1. The Balaban J connectivity index is 2.58. The van der Waals surface area contributed by atoms with Gasteiger partial charge in [-0.1, -0.05) is 32.8 Å². The molecule has 0 saturated heterocycles. The van der Waals surface area contributed by atoms with Gasteiger partial charge in [-0.3, -0.25) is 10.2 Å². The van der Waals surface area contributed by atoms with Crippen molar-refractivity contribution in [1.29, 1.82) is 0 Å². The average molecular weight is 332 g/mol. The van der Waals surface area contributed by atoms with Crippen molar-refractivity contribution in [1.82, 2.24) is 5.43 Å². The molecule has 1 aromatic rings. The monoisotopic (exact) mass is 331 g/mol. The van der Waals surface area contributed by atoms with E-state index < -0.39 is 0 Å². The predicted molar refractivity (Wildman–Crippen MR) is 101 cm³/mol. The smallest absolute Gasteiger partial charge is 0.256 e. The molecule has 134 valence electrons. The van der Waals surface area contributed by atoms with Crippen LogP contribution in [0.4, 0.5) is 5.69 Å². The molecule has 0 aromatic heterocycles. The van der Waals surface area contributed by atoms with Gasteiger partial charge in [0.2, 0.25) is 0 Å². The van der Waals surface area contributed by atoms with Crippen LogP contribution in [0.5, 0.6) is 0 Å². The Morgan fingerprint density at radius 1 is 1.38 bits per heavy atom. The third-order valence-electron chi connectivity index (χ3n) is 5.48. The molecule has 4 heteroatoms. The Morgan fingerprint density at radius 2 is 2.00 bits per heavy atom. The van der Waals surface area contributed by atoms with E-state index in [9.17, 15) is 4.79 Å². The number of nitrogens with two attached hydrogens (primary N) is 1. The van der Waals surface area contributed by atoms with Crippen LogP contribution < -0.4 is 16.2 Å². The minimum absolute atomic E-state index is 0.0843. The third-order valence-corrected chi connectivity index (χ3v) is 5.48. The zero-order valence-electron chi connectivity index (χ0n) is 16.1. The number of fused-ring (bicyclic) bond motifs is 1. The van der Waals surface area contributed by atoms with Crippen LogP contribution >= 0.6 is 0 Å². The molecule has 24 heavy (non-hydrogen) atoms. The number of anilines is 1. The number of aryl methyl sites for hydroxylation is 2. The third kappa shape index (κ3) is 3.44. The summed E-state index contributed by atoms with van der Waals surface area (Å²) in [5, 5.41) is 0. The van der Waals surface area contributed by atoms with Gasteiger partial charge < -0.3 is 4.90 Å². The molecule has 3 N–H and O–H groups in total. The van der Waals surface area contributed by atoms with Crippen molar-refractivity contribution in [2.75, 3.05) is 4.90 Å². The fraction of sp³-hybridized carbons (Fsp3) is 0.650. The quantitative estimate of drug-likeness (QED) is 0.488. The summed E-state index contributed by atoms with van der Waals surface area (Å²) in [7, 11) is 0. The number of rotatable bonds is 5. The van der Waals surface area contributed by atoms with Crippen LogP contribution in [-0.4, -0.2) is 17.5 Å². The first-order valence-corrected chi connectivity index (χ1v) is 9.13. The number of hydrogen-bond donors (Lipinski definition) is 2. The summed E-state index contributed by atoms with van der Waals surface area (Å²) in [5.41, 5.74) is 7.45. The highest BCUT2D eigenvalue weighted by Gasteiger charge is 2.42. The molecular formula is C20H33N3O. The summed E-state index contributed by atoms with van der Waals surface area (Å²) >= 11 is 0. The van der Waals surface area contributed by atoms with E-state index in [1.54, 1.807) is 0 Å². The molecule has 1 amide bonds. The van der Waals surface area contributed by atoms with Gasteiger partial charge in [0, 0.05) is 11.2 Å². The van der Waals surface area contributed by atoms with Crippen LogP contribution in [0.1, 0.15) is 76.0 Å². The number of nitrogens with zero attached hydrogens (tertiary/aromatic N) is 1. The van der Waals surface area contributed by atoms with Crippen LogP contribution in [0.15, 0.2) is 12.1 Å². The summed E-state index contributed by atoms with van der Waals surface area (Å²) < 4.78 is 0. The summed E-state index contributed by atoms with van der Waals surface area (Å²) in [6, 6.07) is 4.33. The zero-order valence-corrected chi connectivity index (χ0v) is 16.1.